The monoisotopic (exact) mass is 928 g/mol. The number of ether oxygens (including phenoxy) is 2. The number of pyridine rings is 1. The third kappa shape index (κ3) is 7.75. The van der Waals surface area contributed by atoms with Gasteiger partial charge in [0.25, 0.3) is 10.0 Å². The van der Waals surface area contributed by atoms with Crippen LogP contribution in [0, 0.1) is 24.0 Å². The van der Waals surface area contributed by atoms with E-state index in [4.69, 9.17) is 25.9 Å². The molecule has 6 aromatic rings. The lowest BCUT2D eigenvalue weighted by Gasteiger charge is -2.42. The van der Waals surface area contributed by atoms with Crippen molar-refractivity contribution in [1.29, 1.82) is 0 Å². The molecule has 4 atom stereocenters. The lowest BCUT2D eigenvalue weighted by atomic mass is 9.93. The molecule has 5 aliphatic rings. The zero-order chi connectivity index (χ0) is 46.4. The van der Waals surface area contributed by atoms with Crippen LogP contribution in [0.2, 0.25) is 0 Å². The van der Waals surface area contributed by atoms with E-state index in [2.05, 4.69) is 36.1 Å². The van der Waals surface area contributed by atoms with E-state index in [9.17, 15) is 13.2 Å². The van der Waals surface area contributed by atoms with Crippen LogP contribution in [-0.4, -0.2) is 115 Å². The molecule has 0 unspecified atom stereocenters. The molecule has 5 fully saturated rings. The standard InChI is InChI=1S/C49H50F2N10O5S/c1-5-36-39(50)18-15-29-9-6-12-37(40(29)36)42-41(51)43-38(23-52-42)45(58-25-33-16-17-34(26-58)61(33)47(62)66-48(2,3)4)56-46(55-43)65-27-49-19-8-20-59(49)24-32(22-49)54-31-10-7-11-35(21-31)67(63,64)60-28-53-44(57-60)30-13-14-30/h1,6-7,9-12,15,18,21,23,28,30,32-34,54H,8,13-14,16-17,19-20,22,24-27H2,2-4H3/t32-,33-,34+,49+/m1/s1. The Morgan fingerprint density at radius 1 is 1.00 bits per heavy atom. The summed E-state index contributed by atoms with van der Waals surface area (Å²) in [5, 5.41) is 9.22. The topological polar surface area (TPSA) is 161 Å². The summed E-state index contributed by atoms with van der Waals surface area (Å²) in [4.78, 5) is 38.4. The van der Waals surface area contributed by atoms with Crippen LogP contribution in [0.1, 0.15) is 83.0 Å². The first-order chi connectivity index (χ1) is 32.2. The molecule has 0 radical (unpaired) electrons. The number of nitrogens with one attached hydrogen (secondary N) is 1. The van der Waals surface area contributed by atoms with Gasteiger partial charge >= 0.3 is 12.1 Å². The van der Waals surface area contributed by atoms with Crippen LogP contribution in [0.15, 0.2) is 72.0 Å². The fourth-order valence-corrected chi connectivity index (χ4v) is 11.8. The van der Waals surface area contributed by atoms with Crippen molar-refractivity contribution in [2.24, 2.45) is 0 Å². The average molecular weight is 929 g/mol. The van der Waals surface area contributed by atoms with Crippen molar-refractivity contribution in [3.63, 3.8) is 0 Å². The third-order valence-electron chi connectivity index (χ3n) is 13.9. The van der Waals surface area contributed by atoms with E-state index < -0.39 is 32.8 Å². The van der Waals surface area contributed by atoms with Gasteiger partial charge in [-0.25, -0.2) is 18.6 Å². The Hall–Kier alpha value is -6.45. The van der Waals surface area contributed by atoms with Gasteiger partial charge in [-0.3, -0.25) is 14.8 Å². The molecule has 1 amide bonds. The number of halogens is 2. The van der Waals surface area contributed by atoms with E-state index in [-0.39, 0.29) is 64.4 Å². The van der Waals surface area contributed by atoms with Crippen LogP contribution < -0.4 is 15.0 Å². The van der Waals surface area contributed by atoms with Crippen molar-refractivity contribution < 1.29 is 31.5 Å². The van der Waals surface area contributed by atoms with Crippen LogP contribution in [0.25, 0.3) is 32.9 Å². The van der Waals surface area contributed by atoms with E-state index in [1.165, 1.54) is 12.4 Å². The molecule has 3 aromatic heterocycles. The van der Waals surface area contributed by atoms with E-state index in [0.29, 0.717) is 65.1 Å². The molecule has 4 aliphatic heterocycles. The molecule has 4 saturated heterocycles. The maximum atomic E-state index is 17.4. The van der Waals surface area contributed by atoms with Crippen LogP contribution in [0.3, 0.4) is 0 Å². The molecule has 3 aromatic carbocycles. The molecule has 2 bridgehead atoms. The molecule has 346 valence electrons. The normalized spacial score (nSPS) is 22.9. The summed E-state index contributed by atoms with van der Waals surface area (Å²) < 4.78 is 73.0. The van der Waals surface area contributed by atoms with E-state index in [1.54, 1.807) is 48.7 Å². The molecule has 67 heavy (non-hydrogen) atoms. The zero-order valence-corrected chi connectivity index (χ0v) is 38.3. The van der Waals surface area contributed by atoms with Gasteiger partial charge in [-0.2, -0.15) is 18.4 Å². The molecule has 18 heteroatoms. The summed E-state index contributed by atoms with van der Waals surface area (Å²) >= 11 is 0. The summed E-state index contributed by atoms with van der Waals surface area (Å²) in [5.41, 5.74) is -0.120. The molecule has 11 rings (SSSR count). The first-order valence-corrected chi connectivity index (χ1v) is 24.3. The number of aromatic nitrogens is 6. The lowest BCUT2D eigenvalue weighted by Crippen LogP contribution is -2.57. The van der Waals surface area contributed by atoms with Gasteiger partial charge in [0.2, 0.25) is 0 Å². The third-order valence-corrected chi connectivity index (χ3v) is 15.4. The maximum absolute atomic E-state index is 17.4. The highest BCUT2D eigenvalue weighted by atomic mass is 32.2. The number of carbonyl (C=O) groups is 1. The molecular weight excluding hydrogens is 879 g/mol. The molecule has 1 N–H and O–H groups in total. The van der Waals surface area contributed by atoms with Gasteiger partial charge in [-0.05, 0) is 102 Å². The van der Waals surface area contributed by atoms with Gasteiger partial charge in [0.05, 0.1) is 33.5 Å². The minimum atomic E-state index is -3.95. The maximum Gasteiger partial charge on any atom is 0.410 e. The Labute approximate surface area is 386 Å². The summed E-state index contributed by atoms with van der Waals surface area (Å²) in [5.74, 6) is 2.33. The van der Waals surface area contributed by atoms with Gasteiger partial charge in [-0.15, -0.1) is 15.6 Å². The Bertz CT molecular complexity index is 3120. The van der Waals surface area contributed by atoms with E-state index in [1.807, 2.05) is 31.7 Å². The first kappa shape index (κ1) is 43.1. The number of rotatable bonds is 10. The lowest BCUT2D eigenvalue weighted by molar-refractivity contribution is 0.0122. The van der Waals surface area contributed by atoms with Gasteiger partial charge < -0.3 is 19.7 Å². The Balaban J connectivity index is 0.902. The van der Waals surface area contributed by atoms with Crippen LogP contribution in [0.5, 0.6) is 6.01 Å². The second kappa shape index (κ2) is 16.1. The Morgan fingerprint density at radius 2 is 1.79 bits per heavy atom. The minimum Gasteiger partial charge on any atom is -0.461 e. The molecule has 1 saturated carbocycles. The number of terminal acetylenes is 1. The van der Waals surface area contributed by atoms with Gasteiger partial charge in [0.1, 0.15) is 41.4 Å². The second-order valence-corrected chi connectivity index (χ2v) is 21.3. The van der Waals surface area contributed by atoms with Crippen LogP contribution in [-0.2, 0) is 14.8 Å². The van der Waals surface area contributed by atoms with Crippen molar-refractivity contribution in [2.75, 3.05) is 43.0 Å². The average Bonchev–Trinajstić information content (AvgIpc) is 3.58. The number of hydrogen-bond acceptors (Lipinski definition) is 13. The fraction of sp³-hybridized carbons (Fsp3) is 0.429. The summed E-state index contributed by atoms with van der Waals surface area (Å²) in [7, 11) is -3.95. The smallest absolute Gasteiger partial charge is 0.410 e. The van der Waals surface area contributed by atoms with Crippen molar-refractivity contribution in [1.82, 2.24) is 38.9 Å². The van der Waals surface area contributed by atoms with Crippen LogP contribution >= 0.6 is 0 Å². The highest BCUT2D eigenvalue weighted by Gasteiger charge is 2.50. The number of nitrogens with zero attached hydrogens (tertiary/aromatic N) is 9. The number of carbonyl (C=O) groups excluding carboxylic acids is 1. The largest absolute Gasteiger partial charge is 0.461 e. The quantitative estimate of drug-likeness (QED) is 0.135. The summed E-state index contributed by atoms with van der Waals surface area (Å²) in [6.45, 7) is 8.14. The second-order valence-electron chi connectivity index (χ2n) is 19.6. The molecule has 0 spiro atoms. The first-order valence-electron chi connectivity index (χ1n) is 22.9. The predicted octanol–water partition coefficient (Wildman–Crippen LogP) is 7.50. The van der Waals surface area contributed by atoms with Gasteiger partial charge in [-0.1, -0.05) is 36.3 Å². The summed E-state index contributed by atoms with van der Waals surface area (Å²) in [6.07, 6.45) is 14.2. The molecule has 15 nitrogen and oxygen atoms in total. The van der Waals surface area contributed by atoms with Crippen molar-refractivity contribution >= 4 is 49.3 Å². The van der Waals surface area contributed by atoms with E-state index >= 15 is 8.78 Å². The highest BCUT2D eigenvalue weighted by molar-refractivity contribution is 7.89. The minimum absolute atomic E-state index is 0.0108. The fourth-order valence-electron chi connectivity index (χ4n) is 10.7. The number of benzene rings is 3. The predicted molar refractivity (Wildman–Crippen MR) is 247 cm³/mol. The summed E-state index contributed by atoms with van der Waals surface area (Å²) in [6, 6.07) is 14.5. The molecular formula is C49H50F2N10O5S. The number of anilines is 2. The van der Waals surface area contributed by atoms with E-state index in [0.717, 1.165) is 49.2 Å². The van der Waals surface area contributed by atoms with Crippen molar-refractivity contribution in [3.05, 3.63) is 90.1 Å². The Morgan fingerprint density at radius 3 is 2.55 bits per heavy atom. The van der Waals surface area contributed by atoms with Crippen molar-refractivity contribution in [3.8, 4) is 29.6 Å². The van der Waals surface area contributed by atoms with Crippen LogP contribution in [0.4, 0.5) is 25.1 Å². The Kier molecular flexibility index (Phi) is 10.4. The zero-order valence-electron chi connectivity index (χ0n) is 37.5. The van der Waals surface area contributed by atoms with Crippen molar-refractivity contribution in [2.45, 2.75) is 106 Å². The van der Waals surface area contributed by atoms with Gasteiger partial charge in [0, 0.05) is 54.4 Å². The van der Waals surface area contributed by atoms with Gasteiger partial charge in [0.15, 0.2) is 11.6 Å². The number of amides is 1. The molecule has 1 aliphatic carbocycles. The SMILES string of the molecule is C#Cc1c(F)ccc2cccc(-c3ncc4c(N5C[C@H]6CC[C@@H](C5)N6C(=O)OC(C)(C)C)nc(OC[C@@]56CCCN5C[C@H](Nc5cccc(S(=O)(=O)n7cnc(C8CC8)n7)c5)C6)nc4c3F)c12. The number of hydrogen-bond donors (Lipinski definition) is 1. The molecule has 7 heterocycles. The number of piperazine rings is 1. The number of fused-ring (bicyclic) bond motifs is 5. The highest BCUT2D eigenvalue weighted by Crippen LogP contribution is 2.43.